The number of amides is 1. The molecule has 0 aliphatic carbocycles. The highest BCUT2D eigenvalue weighted by Gasteiger charge is 2.27. The number of rotatable bonds is 10. The zero-order chi connectivity index (χ0) is 26.5. The number of aliphatic hydroxyl groups is 1. The van der Waals surface area contributed by atoms with E-state index >= 15 is 0 Å². The van der Waals surface area contributed by atoms with E-state index in [2.05, 4.69) is 45.9 Å². The number of thiophene rings is 1. The van der Waals surface area contributed by atoms with Crippen molar-refractivity contribution in [3.8, 4) is 0 Å². The molecule has 3 aromatic heterocycles. The Kier molecular flexibility index (Phi) is 8.94. The number of aromatic nitrogens is 3. The molecule has 1 unspecified atom stereocenters. The monoisotopic (exact) mass is 525 g/mol. The van der Waals surface area contributed by atoms with Crippen molar-refractivity contribution in [3.63, 3.8) is 0 Å². The first kappa shape index (κ1) is 27.2. The summed E-state index contributed by atoms with van der Waals surface area (Å²) in [6, 6.07) is 4.12. The number of fused-ring (bicyclic) bond motifs is 1. The van der Waals surface area contributed by atoms with Gasteiger partial charge in [0.15, 0.2) is 0 Å². The molecule has 0 bridgehead atoms. The van der Waals surface area contributed by atoms with Crippen molar-refractivity contribution < 1.29 is 9.90 Å². The van der Waals surface area contributed by atoms with E-state index in [9.17, 15) is 9.90 Å². The van der Waals surface area contributed by atoms with E-state index < -0.39 is 0 Å². The molecule has 10 heteroatoms. The van der Waals surface area contributed by atoms with Gasteiger partial charge in [-0.25, -0.2) is 15.0 Å². The molecule has 0 spiro atoms. The van der Waals surface area contributed by atoms with Crippen LogP contribution in [0.3, 0.4) is 0 Å². The molecule has 1 fully saturated rings. The van der Waals surface area contributed by atoms with E-state index in [1.165, 1.54) is 11.3 Å². The zero-order valence-electron chi connectivity index (χ0n) is 22.6. The summed E-state index contributed by atoms with van der Waals surface area (Å²) in [5.41, 5.74) is 2.93. The van der Waals surface area contributed by atoms with E-state index in [0.717, 1.165) is 71.8 Å². The first-order valence-corrected chi connectivity index (χ1v) is 14.1. The maximum absolute atomic E-state index is 13.0. The number of piperazine rings is 1. The standard InChI is InChI=1S/C27H39N7O2S/c1-6-9-18(7-2)23-24-21(37-25(23)26(36)32(4)5)15-29-27(31-24)30-22-11-10-19(14-28-22)34-13-12-33(8-3)20(16-34)17-35/h10-11,14-15,18,20,35H,6-9,12-13,16-17H2,1-5H3,(H,28,29,30,31)/t18?,20-/m1/s1. The van der Waals surface area contributed by atoms with Crippen molar-refractivity contribution in [2.45, 2.75) is 52.0 Å². The largest absolute Gasteiger partial charge is 0.395 e. The third-order valence-electron chi connectivity index (χ3n) is 7.18. The molecule has 4 rings (SSSR count). The molecule has 0 aromatic carbocycles. The predicted molar refractivity (Wildman–Crippen MR) is 151 cm³/mol. The highest BCUT2D eigenvalue weighted by Crippen LogP contribution is 2.39. The Morgan fingerprint density at radius 2 is 2.03 bits per heavy atom. The SMILES string of the molecule is CCCC(CC)c1c(C(=O)N(C)C)sc2cnc(Nc3ccc(N4CCN(CC)[C@@H](CO)C4)cn3)nc12. The van der Waals surface area contributed by atoms with Gasteiger partial charge in [-0.15, -0.1) is 11.3 Å². The van der Waals surface area contributed by atoms with Crippen LogP contribution in [0, 0.1) is 0 Å². The number of likely N-dealkylation sites (N-methyl/N-ethyl adjacent to an activating group) is 1. The number of anilines is 3. The van der Waals surface area contributed by atoms with Gasteiger partial charge in [0.1, 0.15) is 5.82 Å². The number of pyridine rings is 1. The number of hydrogen-bond acceptors (Lipinski definition) is 9. The molecular weight excluding hydrogens is 486 g/mol. The average molecular weight is 526 g/mol. The molecule has 200 valence electrons. The van der Waals surface area contributed by atoms with Crippen LogP contribution in [0.4, 0.5) is 17.5 Å². The molecule has 9 nitrogen and oxygen atoms in total. The Balaban J connectivity index is 1.58. The molecule has 0 saturated carbocycles. The molecule has 4 heterocycles. The summed E-state index contributed by atoms with van der Waals surface area (Å²) in [5, 5.41) is 13.0. The van der Waals surface area contributed by atoms with Crippen molar-refractivity contribution in [2.75, 3.05) is 57.1 Å². The highest BCUT2D eigenvalue weighted by molar-refractivity contribution is 7.21. The Hall–Kier alpha value is -2.82. The highest BCUT2D eigenvalue weighted by atomic mass is 32.1. The Morgan fingerprint density at radius 1 is 1.22 bits per heavy atom. The van der Waals surface area contributed by atoms with E-state index in [1.807, 2.05) is 18.3 Å². The fourth-order valence-corrected chi connectivity index (χ4v) is 6.31. The van der Waals surface area contributed by atoms with Crippen LogP contribution in [-0.4, -0.2) is 88.7 Å². The third-order valence-corrected chi connectivity index (χ3v) is 8.30. The summed E-state index contributed by atoms with van der Waals surface area (Å²) >= 11 is 1.48. The van der Waals surface area contributed by atoms with Crippen LogP contribution in [0.5, 0.6) is 0 Å². The van der Waals surface area contributed by atoms with E-state index in [1.54, 1.807) is 25.2 Å². The van der Waals surface area contributed by atoms with Crippen LogP contribution in [0.1, 0.15) is 61.2 Å². The van der Waals surface area contributed by atoms with Crippen LogP contribution >= 0.6 is 11.3 Å². The Morgan fingerprint density at radius 3 is 2.65 bits per heavy atom. The topological polar surface area (TPSA) is 97.7 Å². The van der Waals surface area contributed by atoms with Gasteiger partial charge < -0.3 is 20.2 Å². The average Bonchev–Trinajstić information content (AvgIpc) is 3.29. The van der Waals surface area contributed by atoms with Gasteiger partial charge in [-0.2, -0.15) is 0 Å². The lowest BCUT2D eigenvalue weighted by Gasteiger charge is -2.41. The summed E-state index contributed by atoms with van der Waals surface area (Å²) in [7, 11) is 3.58. The second-order valence-electron chi connectivity index (χ2n) is 9.78. The third kappa shape index (κ3) is 5.86. The molecule has 3 aromatic rings. The van der Waals surface area contributed by atoms with E-state index in [4.69, 9.17) is 4.98 Å². The summed E-state index contributed by atoms with van der Waals surface area (Å²) < 4.78 is 0.924. The quantitative estimate of drug-likeness (QED) is 0.404. The molecule has 2 atom stereocenters. The number of nitrogens with zero attached hydrogens (tertiary/aromatic N) is 6. The van der Waals surface area contributed by atoms with Gasteiger partial charge >= 0.3 is 0 Å². The minimum absolute atomic E-state index is 0.0162. The van der Waals surface area contributed by atoms with Crippen LogP contribution in [0.2, 0.25) is 0 Å². The van der Waals surface area contributed by atoms with Crippen LogP contribution < -0.4 is 10.2 Å². The van der Waals surface area contributed by atoms with Crippen molar-refractivity contribution in [1.82, 2.24) is 24.8 Å². The minimum atomic E-state index is 0.0162. The number of carbonyl (C=O) groups excluding carboxylic acids is 1. The first-order chi connectivity index (χ1) is 17.9. The van der Waals surface area contributed by atoms with Gasteiger partial charge in [-0.1, -0.05) is 27.2 Å². The number of hydrogen-bond donors (Lipinski definition) is 2. The fraction of sp³-hybridized carbons (Fsp3) is 0.556. The van der Waals surface area contributed by atoms with Crippen molar-refractivity contribution in [3.05, 3.63) is 35.0 Å². The van der Waals surface area contributed by atoms with Gasteiger partial charge in [0.25, 0.3) is 5.91 Å². The molecule has 37 heavy (non-hydrogen) atoms. The maximum atomic E-state index is 13.0. The maximum Gasteiger partial charge on any atom is 0.263 e. The lowest BCUT2D eigenvalue weighted by molar-refractivity contribution is 0.0830. The predicted octanol–water partition coefficient (Wildman–Crippen LogP) is 4.33. The Labute approximate surface area is 223 Å². The second kappa shape index (κ2) is 12.1. The van der Waals surface area contributed by atoms with Crippen molar-refractivity contribution >= 4 is 44.9 Å². The summed E-state index contributed by atoms with van der Waals surface area (Å²) in [6.45, 7) is 10.2. The zero-order valence-corrected chi connectivity index (χ0v) is 23.4. The molecule has 1 saturated heterocycles. The molecule has 0 radical (unpaired) electrons. The lowest BCUT2D eigenvalue weighted by atomic mass is 9.91. The first-order valence-electron chi connectivity index (χ1n) is 13.2. The molecular formula is C27H39N7O2S. The Bertz CT molecular complexity index is 1200. The van der Waals surface area contributed by atoms with Crippen LogP contribution in [-0.2, 0) is 0 Å². The van der Waals surface area contributed by atoms with E-state index in [-0.39, 0.29) is 24.5 Å². The number of nitrogens with one attached hydrogen (secondary N) is 1. The van der Waals surface area contributed by atoms with Crippen LogP contribution in [0.25, 0.3) is 10.2 Å². The molecule has 1 aliphatic heterocycles. The summed E-state index contributed by atoms with van der Waals surface area (Å²) in [4.78, 5) is 34.0. The van der Waals surface area contributed by atoms with Gasteiger partial charge in [0, 0.05) is 39.3 Å². The normalized spacial score (nSPS) is 17.2. The van der Waals surface area contributed by atoms with Gasteiger partial charge in [-0.05, 0) is 37.4 Å². The van der Waals surface area contributed by atoms with Crippen molar-refractivity contribution in [1.29, 1.82) is 0 Å². The second-order valence-corrected chi connectivity index (χ2v) is 10.8. The molecule has 1 aliphatic rings. The van der Waals surface area contributed by atoms with Gasteiger partial charge in [-0.3, -0.25) is 9.69 Å². The summed E-state index contributed by atoms with van der Waals surface area (Å²) in [5.74, 6) is 1.42. The fourth-order valence-electron chi connectivity index (χ4n) is 5.09. The van der Waals surface area contributed by atoms with Gasteiger partial charge in [0.05, 0.1) is 45.8 Å². The summed E-state index contributed by atoms with van der Waals surface area (Å²) in [6.07, 6.45) is 6.67. The number of aliphatic hydroxyl groups excluding tert-OH is 1. The minimum Gasteiger partial charge on any atom is -0.395 e. The number of carbonyl (C=O) groups is 1. The van der Waals surface area contributed by atoms with Crippen LogP contribution in [0.15, 0.2) is 24.5 Å². The molecule has 2 N–H and O–H groups in total. The lowest BCUT2D eigenvalue weighted by Crippen LogP contribution is -2.54. The molecule has 1 amide bonds. The smallest absolute Gasteiger partial charge is 0.263 e. The van der Waals surface area contributed by atoms with Crippen molar-refractivity contribution in [2.24, 2.45) is 0 Å². The van der Waals surface area contributed by atoms with Gasteiger partial charge in [0.2, 0.25) is 5.95 Å². The van der Waals surface area contributed by atoms with E-state index in [0.29, 0.717) is 11.8 Å².